The second kappa shape index (κ2) is 7.01. The van der Waals surface area contributed by atoms with E-state index in [1.165, 1.54) is 0 Å². The standard InChI is InChI=1S/C14H27N3O2/c1-7-15-10(2)8-9-11-16-13(17-19-11)12(18-6)14(3,4)5/h10,12,15H,7-9H2,1-6H3. The lowest BCUT2D eigenvalue weighted by Gasteiger charge is -2.26. The van der Waals surface area contributed by atoms with E-state index in [2.05, 4.69) is 50.1 Å². The van der Waals surface area contributed by atoms with Crippen molar-refractivity contribution >= 4 is 0 Å². The number of rotatable bonds is 7. The molecular formula is C14H27N3O2. The Morgan fingerprint density at radius 1 is 1.37 bits per heavy atom. The van der Waals surface area contributed by atoms with Gasteiger partial charge in [-0.15, -0.1) is 0 Å². The van der Waals surface area contributed by atoms with E-state index in [1.807, 2.05) is 0 Å². The Bertz CT molecular complexity index is 371. The Labute approximate surface area is 116 Å². The third-order valence-corrected chi connectivity index (χ3v) is 3.08. The molecule has 0 spiro atoms. The lowest BCUT2D eigenvalue weighted by molar-refractivity contribution is 0.00718. The van der Waals surface area contributed by atoms with Crippen molar-refractivity contribution in [2.45, 2.75) is 59.6 Å². The molecule has 0 saturated heterocycles. The van der Waals surface area contributed by atoms with E-state index in [9.17, 15) is 0 Å². The van der Waals surface area contributed by atoms with Crippen LogP contribution in [-0.4, -0.2) is 29.8 Å². The number of aromatic nitrogens is 2. The molecule has 1 rings (SSSR count). The van der Waals surface area contributed by atoms with Gasteiger partial charge in [0.1, 0.15) is 6.10 Å². The Hall–Kier alpha value is -0.940. The number of nitrogens with zero attached hydrogens (tertiary/aromatic N) is 2. The van der Waals surface area contributed by atoms with Gasteiger partial charge in [-0.2, -0.15) is 4.98 Å². The molecule has 0 amide bonds. The van der Waals surface area contributed by atoms with Gasteiger partial charge in [-0.1, -0.05) is 32.9 Å². The second-order valence-electron chi connectivity index (χ2n) is 6.03. The zero-order chi connectivity index (χ0) is 14.5. The van der Waals surface area contributed by atoms with Gasteiger partial charge >= 0.3 is 0 Å². The van der Waals surface area contributed by atoms with Crippen molar-refractivity contribution < 1.29 is 9.26 Å². The van der Waals surface area contributed by atoms with E-state index in [0.717, 1.165) is 19.4 Å². The van der Waals surface area contributed by atoms with E-state index in [1.54, 1.807) is 7.11 Å². The highest BCUT2D eigenvalue weighted by atomic mass is 16.5. The summed E-state index contributed by atoms with van der Waals surface area (Å²) >= 11 is 0. The first-order valence-electron chi connectivity index (χ1n) is 6.97. The third-order valence-electron chi connectivity index (χ3n) is 3.08. The summed E-state index contributed by atoms with van der Waals surface area (Å²) in [4.78, 5) is 4.45. The van der Waals surface area contributed by atoms with Crippen LogP contribution in [0.1, 0.15) is 58.9 Å². The lowest BCUT2D eigenvalue weighted by Crippen LogP contribution is -2.26. The molecule has 2 unspecified atom stereocenters. The molecular weight excluding hydrogens is 242 g/mol. The lowest BCUT2D eigenvalue weighted by atomic mass is 9.88. The van der Waals surface area contributed by atoms with Gasteiger partial charge in [-0.25, -0.2) is 0 Å². The number of ether oxygens (including phenoxy) is 1. The molecule has 0 saturated carbocycles. The Balaban J connectivity index is 2.61. The smallest absolute Gasteiger partial charge is 0.226 e. The van der Waals surface area contributed by atoms with Gasteiger partial charge in [0.15, 0.2) is 0 Å². The molecule has 110 valence electrons. The molecule has 5 nitrogen and oxygen atoms in total. The average molecular weight is 269 g/mol. The van der Waals surface area contributed by atoms with Crippen molar-refractivity contribution in [2.75, 3.05) is 13.7 Å². The zero-order valence-corrected chi connectivity index (χ0v) is 13.0. The van der Waals surface area contributed by atoms with Crippen LogP contribution in [0.2, 0.25) is 0 Å². The molecule has 0 aliphatic heterocycles. The van der Waals surface area contributed by atoms with Gasteiger partial charge in [0.05, 0.1) is 0 Å². The molecule has 0 aromatic carbocycles. The van der Waals surface area contributed by atoms with Gasteiger partial charge in [-0.3, -0.25) is 0 Å². The second-order valence-corrected chi connectivity index (χ2v) is 6.03. The number of aryl methyl sites for hydroxylation is 1. The number of hydrogen-bond donors (Lipinski definition) is 1. The van der Waals surface area contributed by atoms with Crippen molar-refractivity contribution in [2.24, 2.45) is 5.41 Å². The predicted octanol–water partition coefficient (Wildman–Crippen LogP) is 2.73. The molecule has 1 aromatic rings. The van der Waals surface area contributed by atoms with Crippen LogP contribution in [0.4, 0.5) is 0 Å². The summed E-state index contributed by atoms with van der Waals surface area (Å²) in [5.74, 6) is 1.33. The highest BCUT2D eigenvalue weighted by Gasteiger charge is 2.30. The quantitative estimate of drug-likeness (QED) is 0.824. The van der Waals surface area contributed by atoms with Gasteiger partial charge < -0.3 is 14.6 Å². The maximum absolute atomic E-state index is 5.48. The monoisotopic (exact) mass is 269 g/mol. The highest BCUT2D eigenvalue weighted by Crippen LogP contribution is 2.33. The summed E-state index contributed by atoms with van der Waals surface area (Å²) in [5.41, 5.74) is -0.0487. The molecule has 0 radical (unpaired) electrons. The number of nitrogens with one attached hydrogen (secondary N) is 1. The molecule has 0 bridgehead atoms. The van der Waals surface area contributed by atoms with Crippen molar-refractivity contribution in [3.05, 3.63) is 11.7 Å². The molecule has 1 aromatic heterocycles. The maximum Gasteiger partial charge on any atom is 0.226 e. The molecule has 19 heavy (non-hydrogen) atoms. The van der Waals surface area contributed by atoms with Crippen LogP contribution < -0.4 is 5.32 Å². The molecule has 0 aliphatic carbocycles. The van der Waals surface area contributed by atoms with Crippen molar-refractivity contribution in [3.63, 3.8) is 0 Å². The van der Waals surface area contributed by atoms with E-state index in [4.69, 9.17) is 9.26 Å². The maximum atomic E-state index is 5.48. The molecule has 1 N–H and O–H groups in total. The minimum absolute atomic E-state index is 0.0487. The van der Waals surface area contributed by atoms with Crippen LogP contribution in [0.5, 0.6) is 0 Å². The minimum Gasteiger partial charge on any atom is -0.373 e. The first-order chi connectivity index (χ1) is 8.88. The fraction of sp³-hybridized carbons (Fsp3) is 0.857. The van der Waals surface area contributed by atoms with Crippen LogP contribution in [-0.2, 0) is 11.2 Å². The van der Waals surface area contributed by atoms with E-state index in [-0.39, 0.29) is 11.5 Å². The average Bonchev–Trinajstić information content (AvgIpc) is 2.74. The summed E-state index contributed by atoms with van der Waals surface area (Å²) < 4.78 is 10.8. The fourth-order valence-electron chi connectivity index (χ4n) is 2.11. The fourth-order valence-corrected chi connectivity index (χ4v) is 2.11. The van der Waals surface area contributed by atoms with Gasteiger partial charge in [0.25, 0.3) is 0 Å². The van der Waals surface area contributed by atoms with Crippen LogP contribution >= 0.6 is 0 Å². The van der Waals surface area contributed by atoms with E-state index in [0.29, 0.717) is 17.8 Å². The summed E-state index contributed by atoms with van der Waals surface area (Å²) in [7, 11) is 1.68. The van der Waals surface area contributed by atoms with Crippen molar-refractivity contribution in [3.8, 4) is 0 Å². The van der Waals surface area contributed by atoms with Crippen LogP contribution in [0.25, 0.3) is 0 Å². The zero-order valence-electron chi connectivity index (χ0n) is 13.0. The SMILES string of the molecule is CCNC(C)CCc1nc(C(OC)C(C)(C)C)no1. The van der Waals surface area contributed by atoms with Gasteiger partial charge in [0.2, 0.25) is 11.7 Å². The van der Waals surface area contributed by atoms with Gasteiger partial charge in [0, 0.05) is 19.6 Å². The summed E-state index contributed by atoms with van der Waals surface area (Å²) in [6.07, 6.45) is 1.64. The van der Waals surface area contributed by atoms with Crippen molar-refractivity contribution in [1.82, 2.24) is 15.5 Å². The predicted molar refractivity (Wildman–Crippen MR) is 75.0 cm³/mol. The van der Waals surface area contributed by atoms with Gasteiger partial charge in [-0.05, 0) is 25.3 Å². The first-order valence-corrected chi connectivity index (χ1v) is 6.97. The minimum atomic E-state index is -0.142. The topological polar surface area (TPSA) is 60.2 Å². The normalized spacial score (nSPS) is 15.5. The molecule has 0 aliphatic rings. The Morgan fingerprint density at radius 2 is 2.05 bits per heavy atom. The summed E-state index contributed by atoms with van der Waals surface area (Å²) in [6.45, 7) is 11.5. The molecule has 2 atom stereocenters. The van der Waals surface area contributed by atoms with Crippen LogP contribution in [0.15, 0.2) is 4.52 Å². The molecule has 5 heteroatoms. The van der Waals surface area contributed by atoms with Crippen molar-refractivity contribution in [1.29, 1.82) is 0 Å². The number of methoxy groups -OCH3 is 1. The largest absolute Gasteiger partial charge is 0.373 e. The van der Waals surface area contributed by atoms with E-state index < -0.39 is 0 Å². The molecule has 1 heterocycles. The summed E-state index contributed by atoms with van der Waals surface area (Å²) in [6, 6.07) is 0.459. The first kappa shape index (κ1) is 16.1. The van der Waals surface area contributed by atoms with Crippen LogP contribution in [0.3, 0.4) is 0 Å². The summed E-state index contributed by atoms with van der Waals surface area (Å²) in [5, 5.41) is 7.41. The van der Waals surface area contributed by atoms with E-state index >= 15 is 0 Å². The van der Waals surface area contributed by atoms with Crippen LogP contribution in [0, 0.1) is 5.41 Å². The molecule has 0 fully saturated rings. The third kappa shape index (κ3) is 4.91. The number of hydrogen-bond acceptors (Lipinski definition) is 5. The highest BCUT2D eigenvalue weighted by molar-refractivity contribution is 4.96. The Kier molecular flexibility index (Phi) is 5.94. The Morgan fingerprint density at radius 3 is 2.58 bits per heavy atom.